The molecule has 0 saturated carbocycles. The lowest BCUT2D eigenvalue weighted by atomic mass is 9.96. The number of nitrogens with one attached hydrogen (secondary N) is 2. The van der Waals surface area contributed by atoms with E-state index in [1.165, 1.54) is 12.1 Å². The van der Waals surface area contributed by atoms with Crippen LogP contribution in [-0.4, -0.2) is 19.9 Å². The summed E-state index contributed by atoms with van der Waals surface area (Å²) in [5, 5.41) is 17.0. The van der Waals surface area contributed by atoms with Crippen molar-refractivity contribution in [2.24, 2.45) is 0 Å². The summed E-state index contributed by atoms with van der Waals surface area (Å²) in [6.07, 6.45) is 0. The molecule has 0 atom stereocenters. The van der Waals surface area contributed by atoms with E-state index in [9.17, 15) is 10.1 Å². The fraction of sp³-hybridized carbons (Fsp3) is 0.211. The van der Waals surface area contributed by atoms with Gasteiger partial charge in [0.25, 0.3) is 5.69 Å². The van der Waals surface area contributed by atoms with Crippen LogP contribution in [0.25, 0.3) is 0 Å². The molecule has 138 valence electrons. The van der Waals surface area contributed by atoms with Gasteiger partial charge in [0.15, 0.2) is 0 Å². The Morgan fingerprint density at radius 1 is 0.815 bits per heavy atom. The third kappa shape index (κ3) is 4.75. The number of hydrogen-bond donors (Lipinski definition) is 2. The quantitative estimate of drug-likeness (QED) is 0.505. The number of aromatic nitrogens is 3. The predicted octanol–water partition coefficient (Wildman–Crippen LogP) is 4.56. The van der Waals surface area contributed by atoms with Gasteiger partial charge in [-0.15, -0.1) is 0 Å². The number of nitro groups is 1. The molecule has 2 N–H and O–H groups in total. The molecule has 0 bridgehead atoms. The van der Waals surface area contributed by atoms with Crippen molar-refractivity contribution < 1.29 is 4.92 Å². The lowest BCUT2D eigenvalue weighted by Crippen LogP contribution is -2.19. The van der Waals surface area contributed by atoms with Gasteiger partial charge in [0.2, 0.25) is 11.9 Å². The van der Waals surface area contributed by atoms with Crippen molar-refractivity contribution in [1.29, 1.82) is 0 Å². The van der Waals surface area contributed by atoms with Gasteiger partial charge in [0.1, 0.15) is 5.82 Å². The van der Waals surface area contributed by atoms with Crippen molar-refractivity contribution in [3.63, 3.8) is 0 Å². The van der Waals surface area contributed by atoms with E-state index in [2.05, 4.69) is 25.6 Å². The molecule has 27 heavy (non-hydrogen) atoms. The van der Waals surface area contributed by atoms with Gasteiger partial charge in [-0.25, -0.2) is 0 Å². The first-order valence-corrected chi connectivity index (χ1v) is 8.41. The Morgan fingerprint density at radius 2 is 1.33 bits per heavy atom. The summed E-state index contributed by atoms with van der Waals surface area (Å²) in [7, 11) is 0. The van der Waals surface area contributed by atoms with Crippen molar-refractivity contribution in [3.8, 4) is 0 Å². The molecule has 0 aliphatic rings. The van der Waals surface area contributed by atoms with Gasteiger partial charge in [-0.1, -0.05) is 39.0 Å². The second-order valence-corrected chi connectivity index (χ2v) is 6.98. The van der Waals surface area contributed by atoms with E-state index in [4.69, 9.17) is 0 Å². The van der Waals surface area contributed by atoms with Crippen LogP contribution in [-0.2, 0) is 5.41 Å². The first kappa shape index (κ1) is 18.2. The second-order valence-electron chi connectivity index (χ2n) is 6.98. The number of anilines is 4. The van der Waals surface area contributed by atoms with Gasteiger partial charge in [-0.2, -0.15) is 15.0 Å². The van der Waals surface area contributed by atoms with Crippen molar-refractivity contribution in [2.45, 2.75) is 26.2 Å². The number of nitrogens with zero attached hydrogens (tertiary/aromatic N) is 4. The van der Waals surface area contributed by atoms with Gasteiger partial charge < -0.3 is 10.6 Å². The molecule has 0 unspecified atom stereocenters. The van der Waals surface area contributed by atoms with Gasteiger partial charge in [0.05, 0.1) is 4.92 Å². The minimum absolute atomic E-state index is 0.0259. The SMILES string of the molecule is CC(C)(C)c1nc(Nc2ccccc2)nc(Nc2ccc([N+](=O)[O-])cc2)n1. The number of rotatable bonds is 5. The molecule has 1 heterocycles. The first-order chi connectivity index (χ1) is 12.8. The Labute approximate surface area is 156 Å². The van der Waals surface area contributed by atoms with E-state index < -0.39 is 4.92 Å². The van der Waals surface area contributed by atoms with Gasteiger partial charge >= 0.3 is 0 Å². The zero-order valence-corrected chi connectivity index (χ0v) is 15.3. The van der Waals surface area contributed by atoms with Crippen molar-refractivity contribution >= 4 is 29.0 Å². The van der Waals surface area contributed by atoms with Gasteiger partial charge in [-0.3, -0.25) is 10.1 Å². The van der Waals surface area contributed by atoms with Crippen LogP contribution in [0.5, 0.6) is 0 Å². The van der Waals surface area contributed by atoms with E-state index in [0.29, 0.717) is 23.4 Å². The number of non-ortho nitro benzene ring substituents is 1. The van der Waals surface area contributed by atoms with E-state index in [1.54, 1.807) is 12.1 Å². The summed E-state index contributed by atoms with van der Waals surface area (Å²) in [6, 6.07) is 15.7. The third-order valence-corrected chi connectivity index (χ3v) is 3.67. The van der Waals surface area contributed by atoms with Crippen molar-refractivity contribution in [1.82, 2.24) is 15.0 Å². The average molecular weight is 364 g/mol. The molecule has 3 aromatic rings. The molecule has 0 aliphatic carbocycles. The highest BCUT2D eigenvalue weighted by Crippen LogP contribution is 2.24. The highest BCUT2D eigenvalue weighted by molar-refractivity contribution is 5.58. The van der Waals surface area contributed by atoms with Crippen molar-refractivity contribution in [2.75, 3.05) is 10.6 Å². The molecule has 0 fully saturated rings. The topological polar surface area (TPSA) is 106 Å². The summed E-state index contributed by atoms with van der Waals surface area (Å²) in [4.78, 5) is 23.8. The minimum atomic E-state index is -0.438. The predicted molar refractivity (Wildman–Crippen MR) is 105 cm³/mol. The molecule has 8 nitrogen and oxygen atoms in total. The Hall–Kier alpha value is -3.55. The van der Waals surface area contributed by atoms with Crippen LogP contribution in [0.2, 0.25) is 0 Å². The van der Waals surface area contributed by atoms with E-state index >= 15 is 0 Å². The second kappa shape index (κ2) is 7.36. The summed E-state index contributed by atoms with van der Waals surface area (Å²) < 4.78 is 0. The van der Waals surface area contributed by atoms with E-state index in [0.717, 1.165) is 5.69 Å². The summed E-state index contributed by atoms with van der Waals surface area (Å²) >= 11 is 0. The molecule has 0 aliphatic heterocycles. The van der Waals surface area contributed by atoms with Crippen LogP contribution < -0.4 is 10.6 Å². The molecule has 1 aromatic heterocycles. The lowest BCUT2D eigenvalue weighted by Gasteiger charge is -2.18. The normalized spacial score (nSPS) is 11.1. The number of hydrogen-bond acceptors (Lipinski definition) is 7. The minimum Gasteiger partial charge on any atom is -0.324 e. The van der Waals surface area contributed by atoms with Crippen molar-refractivity contribution in [3.05, 3.63) is 70.5 Å². The Kier molecular flexibility index (Phi) is 4.98. The molecule has 0 radical (unpaired) electrons. The van der Waals surface area contributed by atoms with Crippen LogP contribution in [0, 0.1) is 10.1 Å². The Morgan fingerprint density at radius 3 is 1.81 bits per heavy atom. The fourth-order valence-corrected chi connectivity index (χ4v) is 2.27. The first-order valence-electron chi connectivity index (χ1n) is 8.41. The average Bonchev–Trinajstić information content (AvgIpc) is 2.62. The number of benzene rings is 2. The largest absolute Gasteiger partial charge is 0.324 e. The highest BCUT2D eigenvalue weighted by Gasteiger charge is 2.20. The van der Waals surface area contributed by atoms with Crippen LogP contribution in [0.3, 0.4) is 0 Å². The molecule has 0 saturated heterocycles. The zero-order chi connectivity index (χ0) is 19.4. The molecular formula is C19H20N6O2. The Balaban J connectivity index is 1.91. The molecule has 8 heteroatoms. The summed E-state index contributed by atoms with van der Waals surface area (Å²) in [5.74, 6) is 1.41. The Bertz CT molecular complexity index is 937. The third-order valence-electron chi connectivity index (χ3n) is 3.67. The lowest BCUT2D eigenvalue weighted by molar-refractivity contribution is -0.384. The van der Waals surface area contributed by atoms with Crippen LogP contribution >= 0.6 is 0 Å². The van der Waals surface area contributed by atoms with E-state index in [1.807, 2.05) is 51.1 Å². The maximum absolute atomic E-state index is 10.8. The van der Waals surface area contributed by atoms with Gasteiger partial charge in [-0.05, 0) is 24.3 Å². The van der Waals surface area contributed by atoms with Crippen LogP contribution in [0.1, 0.15) is 26.6 Å². The number of para-hydroxylation sites is 1. The fourth-order valence-electron chi connectivity index (χ4n) is 2.27. The number of nitro benzene ring substituents is 1. The molecular weight excluding hydrogens is 344 g/mol. The van der Waals surface area contributed by atoms with Gasteiger partial charge in [0, 0.05) is 28.9 Å². The smallest absolute Gasteiger partial charge is 0.269 e. The van der Waals surface area contributed by atoms with E-state index in [-0.39, 0.29) is 11.1 Å². The highest BCUT2D eigenvalue weighted by atomic mass is 16.6. The maximum Gasteiger partial charge on any atom is 0.269 e. The summed E-state index contributed by atoms with van der Waals surface area (Å²) in [6.45, 7) is 6.05. The van der Waals surface area contributed by atoms with Crippen LogP contribution in [0.15, 0.2) is 54.6 Å². The van der Waals surface area contributed by atoms with Crippen LogP contribution in [0.4, 0.5) is 29.0 Å². The zero-order valence-electron chi connectivity index (χ0n) is 15.3. The maximum atomic E-state index is 10.8. The monoisotopic (exact) mass is 364 g/mol. The molecule has 0 spiro atoms. The summed E-state index contributed by atoms with van der Waals surface area (Å²) in [5.41, 5.74) is 1.27. The molecule has 0 amide bonds. The molecule has 3 rings (SSSR count). The standard InChI is InChI=1S/C19H20N6O2/c1-19(2,3)16-22-17(20-13-7-5-4-6-8-13)24-18(23-16)21-14-9-11-15(12-10-14)25(26)27/h4-12H,1-3H3,(H2,20,21,22,23,24). The molecule has 2 aromatic carbocycles.